The van der Waals surface area contributed by atoms with Crippen LogP contribution in [-0.4, -0.2) is 44.8 Å². The summed E-state index contributed by atoms with van der Waals surface area (Å²) in [6.07, 6.45) is 9.07. The molecule has 1 unspecified atom stereocenters. The van der Waals surface area contributed by atoms with Crippen LogP contribution in [0, 0.1) is 6.92 Å². The van der Waals surface area contributed by atoms with Gasteiger partial charge in [0.1, 0.15) is 0 Å². The van der Waals surface area contributed by atoms with Crippen LogP contribution in [-0.2, 0) is 4.79 Å². The van der Waals surface area contributed by atoms with E-state index in [2.05, 4.69) is 17.1 Å². The van der Waals surface area contributed by atoms with E-state index in [9.17, 15) is 9.90 Å². The van der Waals surface area contributed by atoms with Gasteiger partial charge in [-0.15, -0.1) is 0 Å². The first kappa shape index (κ1) is 15.5. The number of aromatic nitrogens is 2. The topological polar surface area (TPSA) is 69.2 Å². The van der Waals surface area contributed by atoms with Crippen LogP contribution < -0.4 is 0 Å². The summed E-state index contributed by atoms with van der Waals surface area (Å²) < 4.78 is 0. The Morgan fingerprint density at radius 2 is 2.18 bits per heavy atom. The maximum Gasteiger partial charge on any atom is 0.225 e. The molecule has 2 aliphatic rings. The largest absolute Gasteiger partial charge is 0.389 e. The minimum Gasteiger partial charge on any atom is -0.389 e. The minimum absolute atomic E-state index is 0.117. The van der Waals surface area contributed by atoms with E-state index in [-0.39, 0.29) is 5.91 Å². The van der Waals surface area contributed by atoms with E-state index in [0.29, 0.717) is 12.3 Å². The van der Waals surface area contributed by atoms with Crippen LogP contribution in [0.2, 0.25) is 0 Å². The Bertz CT molecular complexity index is 520. The SMILES string of the molecule is Cc1cn[nH]c1C1CCCN(C(=O)CC2(O)CCCCC2)C1. The van der Waals surface area contributed by atoms with Crippen molar-refractivity contribution < 1.29 is 9.90 Å². The zero-order valence-electron chi connectivity index (χ0n) is 13.5. The molecule has 1 aliphatic carbocycles. The van der Waals surface area contributed by atoms with Crippen molar-refractivity contribution in [2.45, 2.75) is 69.8 Å². The molecule has 2 N–H and O–H groups in total. The Labute approximate surface area is 132 Å². The van der Waals surface area contributed by atoms with E-state index < -0.39 is 5.60 Å². The van der Waals surface area contributed by atoms with E-state index in [0.717, 1.165) is 57.3 Å². The number of nitrogens with zero attached hydrogens (tertiary/aromatic N) is 2. The molecule has 3 rings (SSSR count). The molecular weight excluding hydrogens is 278 g/mol. The van der Waals surface area contributed by atoms with Crippen LogP contribution in [0.4, 0.5) is 0 Å². The first-order valence-electron chi connectivity index (χ1n) is 8.57. The summed E-state index contributed by atoms with van der Waals surface area (Å²) in [5, 5.41) is 17.8. The van der Waals surface area contributed by atoms with E-state index >= 15 is 0 Å². The molecule has 1 aliphatic heterocycles. The number of amides is 1. The highest BCUT2D eigenvalue weighted by Gasteiger charge is 2.35. The van der Waals surface area contributed by atoms with Gasteiger partial charge >= 0.3 is 0 Å². The van der Waals surface area contributed by atoms with E-state index in [1.165, 1.54) is 12.0 Å². The van der Waals surface area contributed by atoms with Crippen LogP contribution in [0.1, 0.15) is 68.5 Å². The molecule has 1 atom stereocenters. The molecule has 1 saturated heterocycles. The summed E-state index contributed by atoms with van der Waals surface area (Å²) >= 11 is 0. The molecule has 0 aromatic carbocycles. The fourth-order valence-corrected chi connectivity index (χ4v) is 3.99. The number of carbonyl (C=O) groups excluding carboxylic acids is 1. The zero-order chi connectivity index (χ0) is 15.6. The lowest BCUT2D eigenvalue weighted by atomic mass is 9.82. The van der Waals surface area contributed by atoms with Crippen LogP contribution in [0.25, 0.3) is 0 Å². The van der Waals surface area contributed by atoms with Crippen molar-refractivity contribution in [3.63, 3.8) is 0 Å². The second-order valence-electron chi connectivity index (χ2n) is 7.11. The third kappa shape index (κ3) is 3.35. The lowest BCUT2D eigenvalue weighted by molar-refractivity contribution is -0.139. The molecule has 5 nitrogen and oxygen atoms in total. The minimum atomic E-state index is -0.758. The number of likely N-dealkylation sites (tertiary alicyclic amines) is 1. The zero-order valence-corrected chi connectivity index (χ0v) is 13.5. The molecule has 0 bridgehead atoms. The molecule has 2 fully saturated rings. The van der Waals surface area contributed by atoms with E-state index in [4.69, 9.17) is 0 Å². The van der Waals surface area contributed by atoms with Crippen molar-refractivity contribution in [1.82, 2.24) is 15.1 Å². The van der Waals surface area contributed by atoms with Gasteiger partial charge in [0.2, 0.25) is 5.91 Å². The van der Waals surface area contributed by atoms with Crippen LogP contribution in [0.15, 0.2) is 6.20 Å². The molecule has 2 heterocycles. The normalized spacial score (nSPS) is 25.2. The predicted octanol–water partition coefficient (Wildman–Crippen LogP) is 2.51. The summed E-state index contributed by atoms with van der Waals surface area (Å²) in [5.74, 6) is 0.465. The van der Waals surface area contributed by atoms with Crippen molar-refractivity contribution in [3.05, 3.63) is 17.5 Å². The second-order valence-corrected chi connectivity index (χ2v) is 7.11. The summed E-state index contributed by atoms with van der Waals surface area (Å²) in [5.41, 5.74) is 1.57. The number of hydrogen-bond donors (Lipinski definition) is 2. The summed E-state index contributed by atoms with van der Waals surface area (Å²) in [4.78, 5) is 14.6. The summed E-state index contributed by atoms with van der Waals surface area (Å²) in [6, 6.07) is 0. The van der Waals surface area contributed by atoms with E-state index in [1.807, 2.05) is 11.1 Å². The van der Waals surface area contributed by atoms with Gasteiger partial charge in [-0.2, -0.15) is 5.10 Å². The molecular formula is C17H27N3O2. The van der Waals surface area contributed by atoms with Gasteiger partial charge in [0.25, 0.3) is 0 Å². The Morgan fingerprint density at radius 1 is 1.41 bits per heavy atom. The number of aromatic amines is 1. The number of carbonyl (C=O) groups is 1. The smallest absolute Gasteiger partial charge is 0.225 e. The molecule has 5 heteroatoms. The lowest BCUT2D eigenvalue weighted by Gasteiger charge is -2.37. The molecule has 122 valence electrons. The lowest BCUT2D eigenvalue weighted by Crippen LogP contribution is -2.44. The monoisotopic (exact) mass is 305 g/mol. The maximum atomic E-state index is 12.6. The van der Waals surface area contributed by atoms with Crippen molar-refractivity contribution >= 4 is 5.91 Å². The Morgan fingerprint density at radius 3 is 2.86 bits per heavy atom. The third-order valence-corrected chi connectivity index (χ3v) is 5.31. The molecule has 0 radical (unpaired) electrons. The van der Waals surface area contributed by atoms with Crippen molar-refractivity contribution in [1.29, 1.82) is 0 Å². The van der Waals surface area contributed by atoms with Gasteiger partial charge in [-0.05, 0) is 38.2 Å². The molecule has 0 spiro atoms. The number of aryl methyl sites for hydroxylation is 1. The first-order valence-corrected chi connectivity index (χ1v) is 8.57. The average Bonchev–Trinajstić information content (AvgIpc) is 2.94. The predicted molar refractivity (Wildman–Crippen MR) is 84.5 cm³/mol. The average molecular weight is 305 g/mol. The number of H-pyrrole nitrogens is 1. The van der Waals surface area contributed by atoms with Gasteiger partial charge in [-0.1, -0.05) is 19.3 Å². The number of rotatable bonds is 3. The highest BCUT2D eigenvalue weighted by molar-refractivity contribution is 5.77. The summed E-state index contributed by atoms with van der Waals surface area (Å²) in [6.45, 7) is 3.63. The molecule has 1 saturated carbocycles. The van der Waals surface area contributed by atoms with E-state index in [1.54, 1.807) is 0 Å². The number of nitrogens with one attached hydrogen (secondary N) is 1. The van der Waals surface area contributed by atoms with Gasteiger partial charge in [0.05, 0.1) is 18.2 Å². The quantitative estimate of drug-likeness (QED) is 0.901. The van der Waals surface area contributed by atoms with Gasteiger partial charge in [-0.3, -0.25) is 9.89 Å². The second kappa shape index (κ2) is 6.41. The van der Waals surface area contributed by atoms with Gasteiger partial charge in [0, 0.05) is 24.7 Å². The van der Waals surface area contributed by atoms with Gasteiger partial charge in [-0.25, -0.2) is 0 Å². The number of aliphatic hydroxyl groups is 1. The molecule has 1 aromatic rings. The van der Waals surface area contributed by atoms with Crippen molar-refractivity contribution in [2.75, 3.05) is 13.1 Å². The fraction of sp³-hybridized carbons (Fsp3) is 0.765. The van der Waals surface area contributed by atoms with Crippen molar-refractivity contribution in [3.8, 4) is 0 Å². The molecule has 1 amide bonds. The van der Waals surface area contributed by atoms with Crippen LogP contribution in [0.3, 0.4) is 0 Å². The van der Waals surface area contributed by atoms with Crippen LogP contribution >= 0.6 is 0 Å². The van der Waals surface area contributed by atoms with Crippen molar-refractivity contribution in [2.24, 2.45) is 0 Å². The van der Waals surface area contributed by atoms with Crippen LogP contribution in [0.5, 0.6) is 0 Å². The maximum absolute atomic E-state index is 12.6. The Kier molecular flexibility index (Phi) is 4.52. The standard InChI is InChI=1S/C17H27N3O2/c1-13-11-18-19-16(13)14-6-5-9-20(12-14)15(21)10-17(22)7-3-2-4-8-17/h11,14,22H,2-10,12H2,1H3,(H,18,19). The highest BCUT2D eigenvalue weighted by Crippen LogP contribution is 2.33. The Hall–Kier alpha value is -1.36. The number of piperidine rings is 1. The molecule has 22 heavy (non-hydrogen) atoms. The highest BCUT2D eigenvalue weighted by atomic mass is 16.3. The summed E-state index contributed by atoms with van der Waals surface area (Å²) in [7, 11) is 0. The number of hydrogen-bond acceptors (Lipinski definition) is 3. The van der Waals surface area contributed by atoms with Gasteiger partial charge < -0.3 is 10.0 Å². The first-order chi connectivity index (χ1) is 10.6. The fourth-order valence-electron chi connectivity index (χ4n) is 3.99. The van der Waals surface area contributed by atoms with Gasteiger partial charge in [0.15, 0.2) is 0 Å². The Balaban J connectivity index is 1.62. The third-order valence-electron chi connectivity index (χ3n) is 5.31. The molecule has 1 aromatic heterocycles.